The first-order valence-corrected chi connectivity index (χ1v) is 8.67. The summed E-state index contributed by atoms with van der Waals surface area (Å²) in [5.74, 6) is -0.804. The van der Waals surface area contributed by atoms with Crippen LogP contribution in [0.3, 0.4) is 0 Å². The summed E-state index contributed by atoms with van der Waals surface area (Å²) in [7, 11) is 0. The molecule has 142 valence electrons. The molecule has 0 saturated heterocycles. The summed E-state index contributed by atoms with van der Waals surface area (Å²) in [5.41, 5.74) is 4.97. The molecule has 0 aliphatic carbocycles. The molecule has 2 aromatic rings. The van der Waals surface area contributed by atoms with E-state index in [2.05, 4.69) is 9.98 Å². The second kappa shape index (κ2) is 7.70. The zero-order chi connectivity index (χ0) is 19.6. The molecule has 0 radical (unpaired) electrons. The number of aliphatic imine (C=N–C) groups is 1. The highest BCUT2D eigenvalue weighted by atomic mass is 35.5. The summed E-state index contributed by atoms with van der Waals surface area (Å²) >= 11 is 5.77. The number of Topliss-reactive ketones (excluding diaryl/α,β-unsaturated/α-hetero) is 1. The standard InChI is InChI=1S/C19H18ClF2N3O2/c1-19(17(22)9-27-10-18(23)25-19)13-6-11(2-4-14(13)21)7-16(26)15-5-3-12(20)8-24-15/h2-6,8,17H,7,9-10H2,1H3,(H2,23,25)/t17-,19+/m0/s1. The van der Waals surface area contributed by atoms with Crippen molar-refractivity contribution in [2.75, 3.05) is 13.2 Å². The van der Waals surface area contributed by atoms with E-state index >= 15 is 0 Å². The number of halogens is 3. The molecule has 1 aromatic carbocycles. The van der Waals surface area contributed by atoms with Crippen molar-refractivity contribution in [3.8, 4) is 0 Å². The molecule has 2 N–H and O–H groups in total. The SMILES string of the molecule is C[C@]1(c2cc(CC(=O)c3ccc(Cl)cn3)ccc2F)N=C(N)COC[C@@H]1F. The molecule has 0 fully saturated rings. The highest BCUT2D eigenvalue weighted by molar-refractivity contribution is 6.30. The van der Waals surface area contributed by atoms with Crippen molar-refractivity contribution in [3.05, 3.63) is 64.2 Å². The highest BCUT2D eigenvalue weighted by Crippen LogP contribution is 2.35. The lowest BCUT2D eigenvalue weighted by molar-refractivity contribution is 0.0754. The summed E-state index contributed by atoms with van der Waals surface area (Å²) in [4.78, 5) is 20.5. The largest absolute Gasteiger partial charge is 0.386 e. The second-order valence-electron chi connectivity index (χ2n) is 6.51. The van der Waals surface area contributed by atoms with E-state index in [1.54, 1.807) is 6.07 Å². The van der Waals surface area contributed by atoms with Crippen LogP contribution in [0.25, 0.3) is 0 Å². The molecule has 0 spiro atoms. The van der Waals surface area contributed by atoms with E-state index in [0.29, 0.717) is 10.6 Å². The third kappa shape index (κ3) is 4.14. The Morgan fingerprint density at radius 3 is 2.89 bits per heavy atom. The van der Waals surface area contributed by atoms with Crippen molar-refractivity contribution in [3.63, 3.8) is 0 Å². The number of rotatable bonds is 4. The zero-order valence-electron chi connectivity index (χ0n) is 14.6. The fourth-order valence-electron chi connectivity index (χ4n) is 2.95. The maximum Gasteiger partial charge on any atom is 0.185 e. The van der Waals surface area contributed by atoms with Crippen LogP contribution in [0.5, 0.6) is 0 Å². The quantitative estimate of drug-likeness (QED) is 0.809. The number of nitrogens with two attached hydrogens (primary N) is 1. The topological polar surface area (TPSA) is 77.6 Å². The Morgan fingerprint density at radius 1 is 1.41 bits per heavy atom. The normalized spacial score (nSPS) is 22.8. The number of alkyl halides is 1. The molecule has 0 saturated carbocycles. The lowest BCUT2D eigenvalue weighted by Gasteiger charge is -2.28. The van der Waals surface area contributed by atoms with Gasteiger partial charge in [-0.25, -0.2) is 8.78 Å². The number of pyridine rings is 1. The average Bonchev–Trinajstić information content (AvgIpc) is 2.75. The van der Waals surface area contributed by atoms with Crippen LogP contribution in [0.1, 0.15) is 28.5 Å². The van der Waals surface area contributed by atoms with Crippen LogP contribution in [-0.2, 0) is 16.7 Å². The average molecular weight is 394 g/mol. The van der Waals surface area contributed by atoms with Crippen molar-refractivity contribution < 1.29 is 18.3 Å². The maximum atomic E-state index is 14.7. The number of carbonyl (C=O) groups excluding carboxylic acids is 1. The van der Waals surface area contributed by atoms with Crippen molar-refractivity contribution in [1.29, 1.82) is 0 Å². The molecule has 3 rings (SSSR count). The first kappa shape index (κ1) is 19.4. The molecule has 2 atom stereocenters. The van der Waals surface area contributed by atoms with Gasteiger partial charge in [0.05, 0.1) is 11.6 Å². The Balaban J connectivity index is 1.93. The van der Waals surface area contributed by atoms with Crippen molar-refractivity contribution in [2.24, 2.45) is 10.7 Å². The molecule has 27 heavy (non-hydrogen) atoms. The Kier molecular flexibility index (Phi) is 5.53. The third-order valence-corrected chi connectivity index (χ3v) is 4.68. The summed E-state index contributed by atoms with van der Waals surface area (Å²) in [6, 6.07) is 7.20. The van der Waals surface area contributed by atoms with E-state index in [9.17, 15) is 13.6 Å². The van der Waals surface area contributed by atoms with Gasteiger partial charge in [0.15, 0.2) is 12.0 Å². The Labute approximate surface area is 160 Å². The highest BCUT2D eigenvalue weighted by Gasteiger charge is 2.40. The molecule has 0 unspecified atom stereocenters. The first-order valence-electron chi connectivity index (χ1n) is 8.29. The summed E-state index contributed by atoms with van der Waals surface area (Å²) in [6.45, 7) is 1.19. The van der Waals surface area contributed by atoms with Crippen LogP contribution in [0.15, 0.2) is 41.5 Å². The fraction of sp³-hybridized carbons (Fsp3) is 0.316. The van der Waals surface area contributed by atoms with Gasteiger partial charge in [-0.2, -0.15) is 0 Å². The molecule has 5 nitrogen and oxygen atoms in total. The van der Waals surface area contributed by atoms with E-state index in [0.717, 1.165) is 0 Å². The zero-order valence-corrected chi connectivity index (χ0v) is 15.3. The number of ether oxygens (including phenoxy) is 1. The summed E-state index contributed by atoms with van der Waals surface area (Å²) in [5, 5.41) is 0.420. The lowest BCUT2D eigenvalue weighted by Crippen LogP contribution is -2.36. The van der Waals surface area contributed by atoms with Gasteiger partial charge in [0.1, 0.15) is 29.5 Å². The van der Waals surface area contributed by atoms with Gasteiger partial charge in [-0.3, -0.25) is 14.8 Å². The van der Waals surface area contributed by atoms with E-state index in [-0.39, 0.29) is 42.5 Å². The summed E-state index contributed by atoms with van der Waals surface area (Å²) in [6.07, 6.45) is -0.232. The van der Waals surface area contributed by atoms with Crippen molar-refractivity contribution >= 4 is 23.2 Å². The van der Waals surface area contributed by atoms with E-state index in [1.807, 2.05) is 0 Å². The predicted molar refractivity (Wildman–Crippen MR) is 98.4 cm³/mol. The molecule has 0 bridgehead atoms. The van der Waals surface area contributed by atoms with Gasteiger partial charge >= 0.3 is 0 Å². The molecular formula is C19H18ClF2N3O2. The molecule has 2 heterocycles. The fourth-order valence-corrected chi connectivity index (χ4v) is 3.06. The number of aromatic nitrogens is 1. The van der Waals surface area contributed by atoms with Gasteiger partial charge in [0.2, 0.25) is 0 Å². The number of hydrogen-bond acceptors (Lipinski definition) is 5. The second-order valence-corrected chi connectivity index (χ2v) is 6.95. The van der Waals surface area contributed by atoms with Gasteiger partial charge in [0, 0.05) is 18.2 Å². The maximum absolute atomic E-state index is 14.7. The Bertz CT molecular complexity index is 889. The van der Waals surface area contributed by atoms with Crippen LogP contribution in [0.2, 0.25) is 5.02 Å². The van der Waals surface area contributed by atoms with Crippen LogP contribution < -0.4 is 5.73 Å². The minimum absolute atomic E-state index is 0.0158. The first-order chi connectivity index (χ1) is 12.8. The third-order valence-electron chi connectivity index (χ3n) is 4.45. The number of amidine groups is 1. The number of carbonyl (C=O) groups is 1. The predicted octanol–water partition coefficient (Wildman–Crippen LogP) is 3.24. The van der Waals surface area contributed by atoms with Crippen LogP contribution in [0, 0.1) is 5.82 Å². The smallest absolute Gasteiger partial charge is 0.185 e. The van der Waals surface area contributed by atoms with Crippen LogP contribution in [0.4, 0.5) is 8.78 Å². The van der Waals surface area contributed by atoms with Gasteiger partial charge in [-0.05, 0) is 36.8 Å². The monoisotopic (exact) mass is 393 g/mol. The van der Waals surface area contributed by atoms with E-state index in [1.165, 1.54) is 37.4 Å². The molecule has 1 aliphatic rings. The molecule has 1 aliphatic heterocycles. The number of benzene rings is 1. The molecule has 1 aromatic heterocycles. The number of ketones is 1. The minimum Gasteiger partial charge on any atom is -0.386 e. The van der Waals surface area contributed by atoms with Crippen LogP contribution in [-0.4, -0.2) is 36.0 Å². The lowest BCUT2D eigenvalue weighted by atomic mass is 9.86. The van der Waals surface area contributed by atoms with E-state index < -0.39 is 17.5 Å². The van der Waals surface area contributed by atoms with Crippen molar-refractivity contribution in [1.82, 2.24) is 4.98 Å². The van der Waals surface area contributed by atoms with Crippen molar-refractivity contribution in [2.45, 2.75) is 25.1 Å². The van der Waals surface area contributed by atoms with Gasteiger partial charge < -0.3 is 10.5 Å². The van der Waals surface area contributed by atoms with E-state index in [4.69, 9.17) is 22.1 Å². The number of hydrogen-bond donors (Lipinski definition) is 1. The number of nitrogens with zero attached hydrogens (tertiary/aromatic N) is 2. The Hall–Kier alpha value is -2.38. The Morgan fingerprint density at radius 2 is 2.19 bits per heavy atom. The molecular weight excluding hydrogens is 376 g/mol. The van der Waals surface area contributed by atoms with Crippen LogP contribution >= 0.6 is 11.6 Å². The van der Waals surface area contributed by atoms with Gasteiger partial charge in [-0.1, -0.05) is 17.7 Å². The minimum atomic E-state index is -1.59. The van der Waals surface area contributed by atoms with Gasteiger partial charge in [0.25, 0.3) is 0 Å². The molecule has 8 heteroatoms. The molecule has 0 amide bonds. The van der Waals surface area contributed by atoms with Gasteiger partial charge in [-0.15, -0.1) is 0 Å². The summed E-state index contributed by atoms with van der Waals surface area (Å²) < 4.78 is 34.3.